The molecule has 7 N–H and O–H groups in total. The molecule has 4 aromatic carbocycles. The number of phenolic OH excluding ortho intramolecular Hbond substituents is 1. The second-order valence-corrected chi connectivity index (χ2v) is 19.6. The summed E-state index contributed by atoms with van der Waals surface area (Å²) in [5, 5.41) is 64.2. The number of aromatic nitrogens is 4. The van der Waals surface area contributed by atoms with Crippen molar-refractivity contribution in [3.63, 3.8) is 0 Å². The summed E-state index contributed by atoms with van der Waals surface area (Å²) in [6, 6.07) is 14.3. The number of benzene rings is 4. The molecule has 1 fully saturated rings. The normalized spacial score (nSPS) is 19.2. The van der Waals surface area contributed by atoms with Crippen LogP contribution in [0.2, 0.25) is 0 Å². The number of hydrogen-bond donors (Lipinski definition) is 7. The number of fused-ring (bicyclic) bond motifs is 4. The number of hydrogen-bond acceptors (Lipinski definition) is 20. The summed E-state index contributed by atoms with van der Waals surface area (Å²) >= 11 is 6.57. The molecule has 0 saturated carbocycles. The summed E-state index contributed by atoms with van der Waals surface area (Å²) in [5.74, 6) is -2.54. The van der Waals surface area contributed by atoms with E-state index in [2.05, 4.69) is 20.6 Å². The first-order chi connectivity index (χ1) is 37.4. The molecular weight excluding hydrogens is 1070 g/mol. The van der Waals surface area contributed by atoms with E-state index < -0.39 is 76.9 Å². The van der Waals surface area contributed by atoms with Gasteiger partial charge < -0.3 is 82.4 Å². The van der Waals surface area contributed by atoms with Gasteiger partial charge in [-0.2, -0.15) is 0 Å². The summed E-state index contributed by atoms with van der Waals surface area (Å²) < 4.78 is 75.2. The topological polar surface area (TPSA) is 325 Å². The molecule has 3 amide bonds. The molecule has 2 aromatic heterocycles. The van der Waals surface area contributed by atoms with Gasteiger partial charge >= 0.3 is 10.4 Å². The molecule has 78 heavy (non-hydrogen) atoms. The van der Waals surface area contributed by atoms with Crippen LogP contribution in [0, 0.1) is 0 Å². The van der Waals surface area contributed by atoms with Crippen LogP contribution in [-0.4, -0.2) is 180 Å². The van der Waals surface area contributed by atoms with Crippen molar-refractivity contribution in [3.8, 4) is 34.5 Å². The van der Waals surface area contributed by atoms with E-state index in [1.807, 2.05) is 0 Å². The zero-order chi connectivity index (χ0) is 55.8. The number of amides is 3. The smallest absolute Gasteiger partial charge is 0.501 e. The molecule has 0 unspecified atom stereocenters. The third kappa shape index (κ3) is 12.9. The van der Waals surface area contributed by atoms with Gasteiger partial charge in [0.25, 0.3) is 11.8 Å². The van der Waals surface area contributed by atoms with Crippen molar-refractivity contribution in [1.29, 1.82) is 0 Å². The van der Waals surface area contributed by atoms with E-state index in [1.54, 1.807) is 55.1 Å². The second-order valence-electron chi connectivity index (χ2n) is 18.1. The Morgan fingerprint density at radius 3 is 2.46 bits per heavy atom. The molecule has 0 aliphatic carbocycles. The number of aliphatic hydroxyl groups is 4. The standard InChI is InChI=1S/C51H60ClN7O18S/c1-5-44(62)53-27-72-14-11-31-25-58(56-55-31)13-16-71-15-12-57(3)49(66)28-7-10-39(74-51-48(65)47(64)46(63)43(26-60)75-51)42(18-28)77-78(68,69)76-40-22-37-45(34-20-32(70-4)8-9-33(34)40)30(23-52)24-59(37)50(67)36-17-29-19-41(73-6-2)38(61)21-35(29)54-36/h7-10,17-22,25,30,43,46-48,51,54,60-61,63-65H,5-6,11-16,23-24,26-27H2,1-4H3,(H,53,62)/t30-,43-,46+,47+,48-,51-/m1/s1. The van der Waals surface area contributed by atoms with E-state index in [9.17, 15) is 48.3 Å². The van der Waals surface area contributed by atoms with E-state index in [4.69, 9.17) is 48.4 Å². The molecule has 25 nitrogen and oxygen atoms in total. The molecule has 6 aromatic rings. The Kier molecular flexibility index (Phi) is 18.5. The maximum Gasteiger partial charge on any atom is 0.501 e. The van der Waals surface area contributed by atoms with Gasteiger partial charge in [-0.25, -0.2) is 4.68 Å². The first-order valence-electron chi connectivity index (χ1n) is 24.8. The van der Waals surface area contributed by atoms with E-state index in [0.717, 1.165) is 12.1 Å². The number of rotatable bonds is 25. The quantitative estimate of drug-likeness (QED) is 0.0246. The number of carbonyl (C=O) groups is 3. The Bertz CT molecular complexity index is 3230. The number of likely N-dealkylation sites (N-methyl/N-ethyl adjacent to an activating group) is 1. The molecule has 6 atom stereocenters. The minimum absolute atomic E-state index is 0.0597. The minimum Gasteiger partial charge on any atom is -0.504 e. The number of nitrogens with one attached hydrogen (secondary N) is 2. The van der Waals surface area contributed by atoms with Crippen molar-refractivity contribution >= 4 is 67.1 Å². The Hall–Kier alpha value is -7.01. The molecular formula is C51H60ClN7O18S. The van der Waals surface area contributed by atoms with Gasteiger partial charge in [0, 0.05) is 85.0 Å². The molecule has 27 heteroatoms. The Morgan fingerprint density at radius 1 is 0.923 bits per heavy atom. The van der Waals surface area contributed by atoms with Crippen LogP contribution in [0.15, 0.2) is 66.9 Å². The number of alkyl halides is 1. The summed E-state index contributed by atoms with van der Waals surface area (Å²) in [6.45, 7) is 4.23. The SMILES string of the molecule is CCOc1cc2cc(C(=O)N3C[C@@H](CCl)c4c3cc(OS(=O)(=O)Oc3cc(C(=O)N(C)CCOCCn5cc(CCOCNC(=O)CC)nn5)ccc3O[C@@H]3O[C@H](CO)[C@H](O)[C@H](O)[C@H]3O)c3ccc(OC)cc43)[nH]c2cc1O. The van der Waals surface area contributed by atoms with Crippen LogP contribution >= 0.6 is 11.6 Å². The average molecular weight is 1130 g/mol. The van der Waals surface area contributed by atoms with Gasteiger partial charge in [-0.05, 0) is 66.4 Å². The predicted octanol–water partition coefficient (Wildman–Crippen LogP) is 2.72. The van der Waals surface area contributed by atoms with Crippen molar-refractivity contribution in [2.24, 2.45) is 0 Å². The lowest BCUT2D eigenvalue weighted by molar-refractivity contribution is -0.277. The molecule has 0 radical (unpaired) electrons. The van der Waals surface area contributed by atoms with Crippen LogP contribution < -0.4 is 32.8 Å². The Morgan fingerprint density at radius 2 is 1.72 bits per heavy atom. The number of H-pyrrole nitrogens is 1. The fraction of sp³-hybridized carbons (Fsp3) is 0.431. The van der Waals surface area contributed by atoms with Gasteiger partial charge in [0.15, 0.2) is 28.7 Å². The Labute approximate surface area is 452 Å². The number of aromatic amines is 1. The Balaban J connectivity index is 1.03. The number of nitrogens with zero attached hydrogens (tertiary/aromatic N) is 5. The number of carbonyl (C=O) groups excluding carboxylic acids is 3. The fourth-order valence-corrected chi connectivity index (χ4v) is 9.81. The third-order valence-electron chi connectivity index (χ3n) is 12.9. The van der Waals surface area contributed by atoms with Gasteiger partial charge in [0.2, 0.25) is 12.2 Å². The third-order valence-corrected chi connectivity index (χ3v) is 14.1. The van der Waals surface area contributed by atoms with Crippen LogP contribution in [0.4, 0.5) is 5.69 Å². The number of anilines is 1. The van der Waals surface area contributed by atoms with E-state index in [-0.39, 0.29) is 84.4 Å². The van der Waals surface area contributed by atoms with Crippen LogP contribution in [0.1, 0.15) is 58.3 Å². The van der Waals surface area contributed by atoms with Gasteiger partial charge in [0.05, 0.1) is 58.1 Å². The van der Waals surface area contributed by atoms with Crippen molar-refractivity contribution in [3.05, 3.63) is 89.4 Å². The van der Waals surface area contributed by atoms with Gasteiger partial charge in [-0.1, -0.05) is 12.1 Å². The lowest BCUT2D eigenvalue weighted by Gasteiger charge is -2.39. The number of aliphatic hydroxyl groups excluding tert-OH is 4. The van der Waals surface area contributed by atoms with Gasteiger partial charge in [-0.15, -0.1) is 25.1 Å². The van der Waals surface area contributed by atoms with Crippen molar-refractivity contribution in [2.45, 2.75) is 69.9 Å². The molecule has 8 rings (SSSR count). The first kappa shape index (κ1) is 57.2. The minimum atomic E-state index is -5.27. The largest absolute Gasteiger partial charge is 0.504 e. The lowest BCUT2D eigenvalue weighted by Crippen LogP contribution is -2.60. The van der Waals surface area contributed by atoms with Gasteiger partial charge in [0.1, 0.15) is 42.6 Å². The number of phenols is 1. The zero-order valence-corrected chi connectivity index (χ0v) is 44.4. The number of halogens is 1. The van der Waals surface area contributed by atoms with Gasteiger partial charge in [-0.3, -0.25) is 14.4 Å². The van der Waals surface area contributed by atoms with E-state index in [1.165, 1.54) is 42.2 Å². The highest BCUT2D eigenvalue weighted by Gasteiger charge is 2.45. The maximum atomic E-state index is 14.5. The van der Waals surface area contributed by atoms with Crippen LogP contribution in [0.5, 0.6) is 34.5 Å². The number of ether oxygens (including phenoxy) is 6. The molecule has 420 valence electrons. The molecule has 0 spiro atoms. The summed E-state index contributed by atoms with van der Waals surface area (Å²) in [5.41, 5.74) is 2.01. The highest BCUT2D eigenvalue weighted by atomic mass is 35.5. The summed E-state index contributed by atoms with van der Waals surface area (Å²) in [7, 11) is -2.33. The first-order valence-corrected chi connectivity index (χ1v) is 26.7. The van der Waals surface area contributed by atoms with Crippen LogP contribution in [-0.2, 0) is 42.4 Å². The molecule has 1 saturated heterocycles. The molecule has 2 aliphatic rings. The maximum absolute atomic E-state index is 14.5. The zero-order valence-electron chi connectivity index (χ0n) is 42.9. The number of methoxy groups -OCH3 is 1. The fourth-order valence-electron chi connectivity index (χ4n) is 8.82. The summed E-state index contributed by atoms with van der Waals surface area (Å²) in [6.07, 6.45) is -6.17. The van der Waals surface area contributed by atoms with Crippen LogP contribution in [0.3, 0.4) is 0 Å². The highest BCUT2D eigenvalue weighted by Crippen LogP contribution is 2.48. The van der Waals surface area contributed by atoms with Crippen molar-refractivity contribution < 1.29 is 85.1 Å². The molecule has 4 heterocycles. The summed E-state index contributed by atoms with van der Waals surface area (Å²) in [4.78, 5) is 45.5. The van der Waals surface area contributed by atoms with E-state index >= 15 is 0 Å². The second kappa shape index (κ2) is 25.2. The molecule has 0 bridgehead atoms. The molecule has 2 aliphatic heterocycles. The average Bonchev–Trinajstić information content (AvgIpc) is 4.33. The number of aromatic hydroxyl groups is 1. The lowest BCUT2D eigenvalue weighted by atomic mass is 9.95. The highest BCUT2D eigenvalue weighted by molar-refractivity contribution is 7.82. The van der Waals surface area contributed by atoms with Crippen LogP contribution in [0.25, 0.3) is 21.7 Å². The monoisotopic (exact) mass is 1130 g/mol. The predicted molar refractivity (Wildman–Crippen MR) is 279 cm³/mol. The van der Waals surface area contributed by atoms with Crippen molar-refractivity contribution in [2.75, 3.05) is 77.8 Å². The van der Waals surface area contributed by atoms with E-state index in [0.29, 0.717) is 65.9 Å². The van der Waals surface area contributed by atoms with Crippen molar-refractivity contribution in [1.82, 2.24) is 30.2 Å².